The normalized spacial score (nSPS) is 10.8. The Morgan fingerprint density at radius 2 is 1.76 bits per heavy atom. The average molecular weight is 410 g/mol. The van der Waals surface area contributed by atoms with Gasteiger partial charge in [0.25, 0.3) is 0 Å². The van der Waals surface area contributed by atoms with Crippen LogP contribution >= 0.6 is 12.2 Å². The Kier molecular flexibility index (Phi) is 6.49. The van der Waals surface area contributed by atoms with Gasteiger partial charge in [-0.1, -0.05) is 42.0 Å². The fraction of sp³-hybridized carbons (Fsp3) is 0.318. The number of aromatic amines is 1. The van der Waals surface area contributed by atoms with Crippen molar-refractivity contribution in [2.24, 2.45) is 0 Å². The quantitative estimate of drug-likeness (QED) is 0.599. The molecule has 0 aliphatic carbocycles. The lowest BCUT2D eigenvalue weighted by atomic mass is 10.1. The van der Waals surface area contributed by atoms with Crippen LogP contribution in [0.15, 0.2) is 48.5 Å². The van der Waals surface area contributed by atoms with Gasteiger partial charge in [-0.3, -0.25) is 14.5 Å². The Bertz CT molecular complexity index is 1020. The molecule has 1 amide bonds. The molecule has 1 aromatic heterocycles. The molecule has 0 saturated heterocycles. The number of nitrogens with zero attached hydrogens (tertiary/aromatic N) is 4. The summed E-state index contributed by atoms with van der Waals surface area (Å²) in [6.45, 7) is 5.37. The number of aromatic nitrogens is 3. The van der Waals surface area contributed by atoms with Gasteiger partial charge in [-0.25, -0.2) is 0 Å². The first-order valence-corrected chi connectivity index (χ1v) is 10.1. The molecule has 0 aliphatic heterocycles. The second-order valence-corrected chi connectivity index (χ2v) is 7.66. The van der Waals surface area contributed by atoms with Gasteiger partial charge in [-0.05, 0) is 43.8 Å². The monoisotopic (exact) mass is 409 g/mol. The summed E-state index contributed by atoms with van der Waals surface area (Å²) in [5, 5.41) is 7.15. The standard InChI is InChI=1S/C22H27N5OS/c1-5-26(14-17-8-12-19(13-9-17)25(3)4)20(28)15-27-21(23-24-22(27)29)18-10-6-16(2)7-11-18/h6-13H,5,14-15H2,1-4H3,(H,24,29). The second-order valence-electron chi connectivity index (χ2n) is 7.27. The molecule has 0 spiro atoms. The zero-order valence-electron chi connectivity index (χ0n) is 17.3. The topological polar surface area (TPSA) is 57.2 Å². The van der Waals surface area contributed by atoms with Gasteiger partial charge in [-0.15, -0.1) is 0 Å². The fourth-order valence-corrected chi connectivity index (χ4v) is 3.32. The summed E-state index contributed by atoms with van der Waals surface area (Å²) < 4.78 is 2.21. The van der Waals surface area contributed by atoms with Crippen LogP contribution in [0, 0.1) is 11.7 Å². The Hall–Kier alpha value is -2.93. The summed E-state index contributed by atoms with van der Waals surface area (Å²) in [6, 6.07) is 16.3. The lowest BCUT2D eigenvalue weighted by Gasteiger charge is -2.22. The van der Waals surface area contributed by atoms with Gasteiger partial charge in [0, 0.05) is 38.4 Å². The zero-order chi connectivity index (χ0) is 21.0. The molecule has 0 unspecified atom stereocenters. The number of hydrogen-bond donors (Lipinski definition) is 1. The number of amides is 1. The second kappa shape index (κ2) is 9.05. The van der Waals surface area contributed by atoms with Gasteiger partial charge in [0.15, 0.2) is 10.6 Å². The van der Waals surface area contributed by atoms with Crippen LogP contribution in [0.5, 0.6) is 0 Å². The maximum atomic E-state index is 13.0. The van der Waals surface area contributed by atoms with E-state index in [2.05, 4.69) is 39.4 Å². The van der Waals surface area contributed by atoms with Crippen molar-refractivity contribution in [2.45, 2.75) is 26.9 Å². The first kappa shape index (κ1) is 20.8. The van der Waals surface area contributed by atoms with Crippen molar-refractivity contribution in [3.63, 3.8) is 0 Å². The van der Waals surface area contributed by atoms with Crippen LogP contribution in [0.4, 0.5) is 5.69 Å². The van der Waals surface area contributed by atoms with E-state index in [9.17, 15) is 4.79 Å². The van der Waals surface area contributed by atoms with E-state index < -0.39 is 0 Å². The van der Waals surface area contributed by atoms with Gasteiger partial charge >= 0.3 is 0 Å². The molecule has 3 rings (SSSR count). The molecule has 0 atom stereocenters. The summed E-state index contributed by atoms with van der Waals surface area (Å²) in [5.74, 6) is 0.685. The van der Waals surface area contributed by atoms with E-state index in [-0.39, 0.29) is 12.5 Å². The number of carbonyl (C=O) groups excluding carboxylic acids is 1. The third kappa shape index (κ3) is 4.92. The van der Waals surface area contributed by atoms with Crippen molar-refractivity contribution in [3.05, 3.63) is 64.4 Å². The first-order valence-electron chi connectivity index (χ1n) is 9.65. The van der Waals surface area contributed by atoms with E-state index in [1.807, 2.05) is 57.1 Å². The Labute approximate surface area is 176 Å². The average Bonchev–Trinajstić information content (AvgIpc) is 3.07. The van der Waals surface area contributed by atoms with Crippen LogP contribution in [0.1, 0.15) is 18.1 Å². The van der Waals surface area contributed by atoms with Crippen molar-refractivity contribution in [3.8, 4) is 11.4 Å². The molecule has 152 valence electrons. The van der Waals surface area contributed by atoms with E-state index in [1.165, 1.54) is 5.56 Å². The van der Waals surface area contributed by atoms with E-state index in [0.717, 1.165) is 16.8 Å². The highest BCUT2D eigenvalue weighted by Crippen LogP contribution is 2.19. The lowest BCUT2D eigenvalue weighted by Crippen LogP contribution is -2.33. The number of likely N-dealkylation sites (N-methyl/N-ethyl adjacent to an activating group) is 1. The molecule has 1 heterocycles. The van der Waals surface area contributed by atoms with Crippen LogP contribution in [0.25, 0.3) is 11.4 Å². The zero-order valence-corrected chi connectivity index (χ0v) is 18.2. The minimum Gasteiger partial charge on any atom is -0.378 e. The predicted molar refractivity (Wildman–Crippen MR) is 119 cm³/mol. The van der Waals surface area contributed by atoms with Crippen LogP contribution in [0.3, 0.4) is 0 Å². The van der Waals surface area contributed by atoms with E-state index in [0.29, 0.717) is 23.7 Å². The highest BCUT2D eigenvalue weighted by atomic mass is 32.1. The molecule has 0 radical (unpaired) electrons. The van der Waals surface area contributed by atoms with Crippen molar-refractivity contribution >= 4 is 23.8 Å². The summed E-state index contributed by atoms with van der Waals surface area (Å²) in [4.78, 5) is 16.9. The van der Waals surface area contributed by atoms with E-state index in [1.54, 1.807) is 4.57 Å². The number of nitrogens with one attached hydrogen (secondary N) is 1. The lowest BCUT2D eigenvalue weighted by molar-refractivity contribution is -0.132. The minimum absolute atomic E-state index is 0.00930. The van der Waals surface area contributed by atoms with E-state index >= 15 is 0 Å². The van der Waals surface area contributed by atoms with E-state index in [4.69, 9.17) is 12.2 Å². The number of aryl methyl sites for hydroxylation is 1. The molecular weight excluding hydrogens is 382 g/mol. The number of anilines is 1. The molecule has 3 aromatic rings. The fourth-order valence-electron chi connectivity index (χ4n) is 3.12. The summed E-state index contributed by atoms with van der Waals surface area (Å²) in [5.41, 5.74) is 4.33. The Morgan fingerprint density at radius 1 is 1.10 bits per heavy atom. The first-order chi connectivity index (χ1) is 13.9. The van der Waals surface area contributed by atoms with Gasteiger partial charge in [0.1, 0.15) is 6.54 Å². The third-order valence-corrected chi connectivity index (χ3v) is 5.23. The van der Waals surface area contributed by atoms with Crippen molar-refractivity contribution in [1.29, 1.82) is 0 Å². The van der Waals surface area contributed by atoms with Gasteiger partial charge < -0.3 is 9.80 Å². The minimum atomic E-state index is 0.00930. The molecule has 0 fully saturated rings. The van der Waals surface area contributed by atoms with Gasteiger partial charge in [0.05, 0.1) is 0 Å². The maximum Gasteiger partial charge on any atom is 0.242 e. The highest BCUT2D eigenvalue weighted by molar-refractivity contribution is 7.71. The van der Waals surface area contributed by atoms with Crippen molar-refractivity contribution in [2.75, 3.05) is 25.5 Å². The number of H-pyrrole nitrogens is 1. The molecular formula is C22H27N5OS. The largest absolute Gasteiger partial charge is 0.378 e. The SMILES string of the molecule is CCN(Cc1ccc(N(C)C)cc1)C(=O)Cn1c(-c2ccc(C)cc2)n[nH]c1=S. The highest BCUT2D eigenvalue weighted by Gasteiger charge is 2.17. The molecule has 0 aliphatic rings. The smallest absolute Gasteiger partial charge is 0.242 e. The molecule has 29 heavy (non-hydrogen) atoms. The Balaban J connectivity index is 1.77. The number of rotatable bonds is 7. The van der Waals surface area contributed by atoms with Crippen LogP contribution in [0.2, 0.25) is 0 Å². The summed E-state index contributed by atoms with van der Waals surface area (Å²) in [6.07, 6.45) is 0. The van der Waals surface area contributed by atoms with Gasteiger partial charge in [-0.2, -0.15) is 5.10 Å². The maximum absolute atomic E-state index is 13.0. The molecule has 7 heteroatoms. The molecule has 0 saturated carbocycles. The number of hydrogen-bond acceptors (Lipinski definition) is 4. The van der Waals surface area contributed by atoms with Crippen LogP contribution in [-0.2, 0) is 17.9 Å². The number of carbonyl (C=O) groups is 1. The van der Waals surface area contributed by atoms with Crippen molar-refractivity contribution < 1.29 is 4.79 Å². The Morgan fingerprint density at radius 3 is 2.34 bits per heavy atom. The van der Waals surface area contributed by atoms with Crippen molar-refractivity contribution in [1.82, 2.24) is 19.7 Å². The third-order valence-electron chi connectivity index (χ3n) is 4.92. The molecule has 2 aromatic carbocycles. The van der Waals surface area contributed by atoms with Crippen LogP contribution in [-0.4, -0.2) is 46.2 Å². The van der Waals surface area contributed by atoms with Gasteiger partial charge in [0.2, 0.25) is 5.91 Å². The summed E-state index contributed by atoms with van der Waals surface area (Å²) in [7, 11) is 4.02. The molecule has 0 bridgehead atoms. The molecule has 6 nitrogen and oxygen atoms in total. The predicted octanol–water partition coefficient (Wildman–Crippen LogP) is 4.03. The van der Waals surface area contributed by atoms with Crippen LogP contribution < -0.4 is 4.90 Å². The molecule has 1 N–H and O–H groups in total. The summed E-state index contributed by atoms with van der Waals surface area (Å²) >= 11 is 5.38. The number of benzene rings is 2.